The SMILES string of the molecule is C=CC(C)(CNCC(C)C)Cc1ccc(Br)cc1F. The lowest BCUT2D eigenvalue weighted by molar-refractivity contribution is 0.372. The van der Waals surface area contributed by atoms with E-state index in [0.717, 1.165) is 23.1 Å². The lowest BCUT2D eigenvalue weighted by Gasteiger charge is -2.27. The van der Waals surface area contributed by atoms with Gasteiger partial charge in [-0.25, -0.2) is 4.39 Å². The number of hydrogen-bond donors (Lipinski definition) is 1. The van der Waals surface area contributed by atoms with E-state index in [-0.39, 0.29) is 11.2 Å². The highest BCUT2D eigenvalue weighted by Crippen LogP contribution is 2.26. The molecule has 0 saturated heterocycles. The molecule has 0 spiro atoms. The average molecular weight is 328 g/mol. The highest BCUT2D eigenvalue weighted by molar-refractivity contribution is 9.10. The molecular weight excluding hydrogens is 305 g/mol. The minimum absolute atomic E-state index is 0.135. The van der Waals surface area contributed by atoms with Gasteiger partial charge in [-0.2, -0.15) is 0 Å². The fraction of sp³-hybridized carbons (Fsp3) is 0.500. The molecule has 0 aromatic heterocycles. The van der Waals surface area contributed by atoms with Crippen LogP contribution in [-0.2, 0) is 6.42 Å². The van der Waals surface area contributed by atoms with Crippen LogP contribution in [0.2, 0.25) is 0 Å². The zero-order valence-electron chi connectivity index (χ0n) is 12.0. The number of benzene rings is 1. The summed E-state index contributed by atoms with van der Waals surface area (Å²) in [6.07, 6.45) is 2.57. The molecule has 0 amide bonds. The van der Waals surface area contributed by atoms with Crippen molar-refractivity contribution in [2.45, 2.75) is 27.2 Å². The number of nitrogens with one attached hydrogen (secondary N) is 1. The van der Waals surface area contributed by atoms with Crippen LogP contribution in [0.3, 0.4) is 0 Å². The molecule has 0 saturated carbocycles. The number of hydrogen-bond acceptors (Lipinski definition) is 1. The van der Waals surface area contributed by atoms with E-state index < -0.39 is 0 Å². The minimum Gasteiger partial charge on any atom is -0.316 e. The molecule has 1 aromatic rings. The summed E-state index contributed by atoms with van der Waals surface area (Å²) < 4.78 is 14.7. The summed E-state index contributed by atoms with van der Waals surface area (Å²) in [4.78, 5) is 0. The van der Waals surface area contributed by atoms with Gasteiger partial charge in [-0.3, -0.25) is 0 Å². The van der Waals surface area contributed by atoms with Gasteiger partial charge in [-0.1, -0.05) is 48.8 Å². The second-order valence-electron chi connectivity index (χ2n) is 5.80. The van der Waals surface area contributed by atoms with Gasteiger partial charge in [0.1, 0.15) is 5.82 Å². The molecular formula is C16H23BrFN. The third-order valence-electron chi connectivity index (χ3n) is 3.18. The van der Waals surface area contributed by atoms with Crippen molar-refractivity contribution >= 4 is 15.9 Å². The molecule has 19 heavy (non-hydrogen) atoms. The quantitative estimate of drug-likeness (QED) is 0.723. The lowest BCUT2D eigenvalue weighted by Crippen LogP contribution is -2.34. The Morgan fingerprint density at radius 3 is 2.68 bits per heavy atom. The Hall–Kier alpha value is -0.670. The summed E-state index contributed by atoms with van der Waals surface area (Å²) in [5, 5.41) is 3.42. The van der Waals surface area contributed by atoms with E-state index >= 15 is 0 Å². The van der Waals surface area contributed by atoms with Crippen LogP contribution >= 0.6 is 15.9 Å². The van der Waals surface area contributed by atoms with Crippen molar-refractivity contribution in [1.29, 1.82) is 0 Å². The van der Waals surface area contributed by atoms with Crippen LogP contribution in [0.1, 0.15) is 26.3 Å². The fourth-order valence-corrected chi connectivity index (χ4v) is 2.29. The van der Waals surface area contributed by atoms with E-state index in [4.69, 9.17) is 0 Å². The molecule has 1 aromatic carbocycles. The number of halogens is 2. The summed E-state index contributed by atoms with van der Waals surface area (Å²) >= 11 is 3.28. The molecule has 106 valence electrons. The highest BCUT2D eigenvalue weighted by atomic mass is 79.9. The van der Waals surface area contributed by atoms with Crippen LogP contribution in [0.4, 0.5) is 4.39 Å². The zero-order valence-corrected chi connectivity index (χ0v) is 13.6. The minimum atomic E-state index is -0.161. The van der Waals surface area contributed by atoms with E-state index in [2.05, 4.69) is 48.6 Å². The Morgan fingerprint density at radius 2 is 2.16 bits per heavy atom. The Kier molecular flexibility index (Phi) is 6.21. The van der Waals surface area contributed by atoms with Gasteiger partial charge in [-0.15, -0.1) is 6.58 Å². The highest BCUT2D eigenvalue weighted by Gasteiger charge is 2.22. The summed E-state index contributed by atoms with van der Waals surface area (Å²) in [6.45, 7) is 12.1. The van der Waals surface area contributed by atoms with Crippen molar-refractivity contribution in [2.24, 2.45) is 11.3 Å². The van der Waals surface area contributed by atoms with Crippen LogP contribution in [-0.4, -0.2) is 13.1 Å². The van der Waals surface area contributed by atoms with Gasteiger partial charge >= 0.3 is 0 Å². The van der Waals surface area contributed by atoms with E-state index in [1.54, 1.807) is 0 Å². The molecule has 0 aliphatic heterocycles. The predicted molar refractivity (Wildman–Crippen MR) is 83.8 cm³/mol. The monoisotopic (exact) mass is 327 g/mol. The predicted octanol–water partition coefficient (Wildman–Crippen LogP) is 4.57. The molecule has 1 N–H and O–H groups in total. The van der Waals surface area contributed by atoms with Crippen molar-refractivity contribution in [3.05, 3.63) is 46.7 Å². The van der Waals surface area contributed by atoms with Crippen molar-refractivity contribution in [3.63, 3.8) is 0 Å². The second kappa shape index (κ2) is 7.20. The van der Waals surface area contributed by atoms with Crippen LogP contribution < -0.4 is 5.32 Å². The average Bonchev–Trinajstić information content (AvgIpc) is 2.32. The maximum absolute atomic E-state index is 13.9. The van der Waals surface area contributed by atoms with E-state index in [1.807, 2.05) is 18.2 Å². The third kappa shape index (κ3) is 5.45. The van der Waals surface area contributed by atoms with Gasteiger partial charge in [0, 0.05) is 16.4 Å². The standard InChI is InChI=1S/C16H23BrFN/c1-5-16(4,11-19-10-12(2)3)9-13-6-7-14(17)8-15(13)18/h5-8,12,19H,1,9-11H2,2-4H3. The lowest BCUT2D eigenvalue weighted by atomic mass is 9.83. The first-order valence-electron chi connectivity index (χ1n) is 6.64. The van der Waals surface area contributed by atoms with E-state index in [1.165, 1.54) is 6.07 Å². The molecule has 1 rings (SSSR count). The molecule has 0 aliphatic rings. The summed E-state index contributed by atoms with van der Waals surface area (Å²) in [5.74, 6) is 0.449. The van der Waals surface area contributed by atoms with Crippen molar-refractivity contribution < 1.29 is 4.39 Å². The van der Waals surface area contributed by atoms with Crippen molar-refractivity contribution in [1.82, 2.24) is 5.32 Å². The van der Waals surface area contributed by atoms with Crippen molar-refractivity contribution in [3.8, 4) is 0 Å². The summed E-state index contributed by atoms with van der Waals surface area (Å²) in [6, 6.07) is 5.23. The summed E-state index contributed by atoms with van der Waals surface area (Å²) in [7, 11) is 0. The first-order valence-corrected chi connectivity index (χ1v) is 7.44. The fourth-order valence-electron chi connectivity index (χ4n) is 1.95. The molecule has 1 atom stereocenters. The van der Waals surface area contributed by atoms with E-state index in [0.29, 0.717) is 12.3 Å². The van der Waals surface area contributed by atoms with Gasteiger partial charge in [0.25, 0.3) is 0 Å². The van der Waals surface area contributed by atoms with Crippen LogP contribution in [0.15, 0.2) is 35.3 Å². The molecule has 3 heteroatoms. The second-order valence-corrected chi connectivity index (χ2v) is 6.71. The first-order chi connectivity index (χ1) is 8.86. The molecule has 1 unspecified atom stereocenters. The topological polar surface area (TPSA) is 12.0 Å². The maximum Gasteiger partial charge on any atom is 0.127 e. The van der Waals surface area contributed by atoms with E-state index in [9.17, 15) is 4.39 Å². The molecule has 0 radical (unpaired) electrons. The largest absolute Gasteiger partial charge is 0.316 e. The summed E-state index contributed by atoms with van der Waals surface area (Å²) in [5.41, 5.74) is 0.598. The molecule has 0 bridgehead atoms. The molecule has 0 fully saturated rings. The number of rotatable bonds is 7. The Balaban J connectivity index is 2.71. The smallest absolute Gasteiger partial charge is 0.127 e. The maximum atomic E-state index is 13.9. The molecule has 1 nitrogen and oxygen atoms in total. The zero-order chi connectivity index (χ0) is 14.5. The molecule has 0 aliphatic carbocycles. The third-order valence-corrected chi connectivity index (χ3v) is 3.68. The van der Waals surface area contributed by atoms with Gasteiger partial charge in [-0.05, 0) is 36.6 Å². The van der Waals surface area contributed by atoms with Crippen molar-refractivity contribution in [2.75, 3.05) is 13.1 Å². The first kappa shape index (κ1) is 16.4. The van der Waals surface area contributed by atoms with Crippen LogP contribution in [0.5, 0.6) is 0 Å². The Bertz CT molecular complexity index is 431. The Labute approximate surface area is 124 Å². The normalized spacial score (nSPS) is 14.4. The molecule has 0 heterocycles. The van der Waals surface area contributed by atoms with Gasteiger partial charge in [0.2, 0.25) is 0 Å². The van der Waals surface area contributed by atoms with Crippen LogP contribution in [0.25, 0.3) is 0 Å². The van der Waals surface area contributed by atoms with Gasteiger partial charge in [0.05, 0.1) is 0 Å². The Morgan fingerprint density at radius 1 is 1.47 bits per heavy atom. The van der Waals surface area contributed by atoms with Gasteiger partial charge < -0.3 is 5.32 Å². The van der Waals surface area contributed by atoms with Crippen LogP contribution in [0, 0.1) is 17.2 Å². The van der Waals surface area contributed by atoms with Gasteiger partial charge in [0.15, 0.2) is 0 Å².